The van der Waals surface area contributed by atoms with Gasteiger partial charge in [0.15, 0.2) is 0 Å². The normalized spacial score (nSPS) is 26.5. The lowest BCUT2D eigenvalue weighted by atomic mass is 10.1. The van der Waals surface area contributed by atoms with E-state index in [9.17, 15) is 9.59 Å². The Bertz CT molecular complexity index is 589. The summed E-state index contributed by atoms with van der Waals surface area (Å²) < 4.78 is 5.72. The fourth-order valence-electron chi connectivity index (χ4n) is 3.65. The molecule has 2 aliphatic heterocycles. The first-order chi connectivity index (χ1) is 12.0. The predicted octanol–water partition coefficient (Wildman–Crippen LogP) is 1.53. The van der Waals surface area contributed by atoms with Crippen LogP contribution in [0.25, 0.3) is 0 Å². The van der Waals surface area contributed by atoms with Gasteiger partial charge in [-0.3, -0.25) is 14.5 Å². The smallest absolute Gasteiger partial charge is 0.264 e. The Morgan fingerprint density at radius 1 is 1.12 bits per heavy atom. The first-order valence-electron chi connectivity index (χ1n) is 8.96. The number of amides is 2. The lowest BCUT2D eigenvalue weighted by Crippen LogP contribution is -2.58. The predicted molar refractivity (Wildman–Crippen MR) is 97.8 cm³/mol. The zero-order valence-electron chi connectivity index (χ0n) is 15.2. The van der Waals surface area contributed by atoms with Gasteiger partial charge in [-0.25, -0.2) is 0 Å². The van der Waals surface area contributed by atoms with Gasteiger partial charge in [0, 0.05) is 39.3 Å². The highest BCUT2D eigenvalue weighted by Crippen LogP contribution is 2.17. The number of morpholine rings is 1. The number of hydrogen-bond donors (Lipinski definition) is 0. The third-order valence-corrected chi connectivity index (χ3v) is 5.83. The fourth-order valence-corrected chi connectivity index (χ4v) is 4.34. The van der Waals surface area contributed by atoms with Crippen molar-refractivity contribution in [3.05, 3.63) is 22.4 Å². The summed E-state index contributed by atoms with van der Waals surface area (Å²) in [6, 6.07) is 3.61. The van der Waals surface area contributed by atoms with Gasteiger partial charge in [-0.2, -0.15) is 0 Å². The maximum absolute atomic E-state index is 12.8. The van der Waals surface area contributed by atoms with E-state index in [0.717, 1.165) is 18.0 Å². The van der Waals surface area contributed by atoms with Crippen molar-refractivity contribution >= 4 is 23.2 Å². The molecule has 2 saturated heterocycles. The van der Waals surface area contributed by atoms with Crippen LogP contribution in [-0.4, -0.2) is 84.0 Å². The van der Waals surface area contributed by atoms with Gasteiger partial charge in [0.05, 0.1) is 23.1 Å². The van der Waals surface area contributed by atoms with Gasteiger partial charge < -0.3 is 14.5 Å². The Morgan fingerprint density at radius 2 is 1.76 bits per heavy atom. The molecule has 0 N–H and O–H groups in total. The number of rotatable bonds is 3. The second-order valence-corrected chi connectivity index (χ2v) is 7.93. The maximum atomic E-state index is 12.8. The first-order valence-corrected chi connectivity index (χ1v) is 9.84. The summed E-state index contributed by atoms with van der Waals surface area (Å²) in [6.07, 6.45) is 0.167. The van der Waals surface area contributed by atoms with Crippen molar-refractivity contribution in [1.82, 2.24) is 14.7 Å². The molecule has 1 aromatic rings. The van der Waals surface area contributed by atoms with Crippen molar-refractivity contribution < 1.29 is 14.3 Å². The highest BCUT2D eigenvalue weighted by Gasteiger charge is 2.33. The number of carbonyl (C=O) groups is 2. The SMILES string of the molecule is C[C@@H]1CN(C(=O)[C@H](C)N2CCN(C(=O)c3cccs3)CC2)C[C@@H](C)O1. The lowest BCUT2D eigenvalue weighted by Gasteiger charge is -2.41. The van der Waals surface area contributed by atoms with E-state index < -0.39 is 0 Å². The topological polar surface area (TPSA) is 53.1 Å². The zero-order valence-corrected chi connectivity index (χ0v) is 16.0. The van der Waals surface area contributed by atoms with E-state index in [0.29, 0.717) is 26.2 Å². The van der Waals surface area contributed by atoms with Crippen LogP contribution in [0.5, 0.6) is 0 Å². The molecule has 0 saturated carbocycles. The Balaban J connectivity index is 1.53. The summed E-state index contributed by atoms with van der Waals surface area (Å²) in [7, 11) is 0. The van der Waals surface area contributed by atoms with Crippen LogP contribution < -0.4 is 0 Å². The second-order valence-electron chi connectivity index (χ2n) is 6.98. The van der Waals surface area contributed by atoms with Crippen molar-refractivity contribution in [3.8, 4) is 0 Å². The van der Waals surface area contributed by atoms with Gasteiger partial charge in [0.2, 0.25) is 5.91 Å². The number of nitrogens with zero attached hydrogens (tertiary/aromatic N) is 3. The number of piperazine rings is 1. The average Bonchev–Trinajstić information content (AvgIpc) is 3.14. The van der Waals surface area contributed by atoms with Crippen LogP contribution in [0.3, 0.4) is 0 Å². The largest absolute Gasteiger partial charge is 0.372 e. The van der Waals surface area contributed by atoms with Crippen molar-refractivity contribution in [2.24, 2.45) is 0 Å². The van der Waals surface area contributed by atoms with Crippen LogP contribution in [0.1, 0.15) is 30.4 Å². The van der Waals surface area contributed by atoms with Crippen molar-refractivity contribution in [2.45, 2.75) is 39.0 Å². The molecule has 7 heteroatoms. The molecule has 2 aliphatic rings. The third kappa shape index (κ3) is 4.22. The number of carbonyl (C=O) groups excluding carboxylic acids is 2. The molecule has 6 nitrogen and oxygen atoms in total. The molecular formula is C18H27N3O3S. The fraction of sp³-hybridized carbons (Fsp3) is 0.667. The van der Waals surface area contributed by atoms with E-state index in [2.05, 4.69) is 4.90 Å². The summed E-state index contributed by atoms with van der Waals surface area (Å²) in [5, 5.41) is 1.93. The summed E-state index contributed by atoms with van der Waals surface area (Å²) in [6.45, 7) is 10.1. The minimum atomic E-state index is -0.156. The van der Waals surface area contributed by atoms with Gasteiger partial charge in [0.1, 0.15) is 0 Å². The molecule has 0 aliphatic carbocycles. The number of hydrogen-bond acceptors (Lipinski definition) is 5. The van der Waals surface area contributed by atoms with Crippen LogP contribution in [0.2, 0.25) is 0 Å². The summed E-state index contributed by atoms with van der Waals surface area (Å²) in [5.41, 5.74) is 0. The van der Waals surface area contributed by atoms with Crippen LogP contribution in [0.15, 0.2) is 17.5 Å². The summed E-state index contributed by atoms with van der Waals surface area (Å²) in [4.78, 5) is 32.0. The zero-order chi connectivity index (χ0) is 18.0. The highest BCUT2D eigenvalue weighted by molar-refractivity contribution is 7.12. The molecule has 0 spiro atoms. The molecule has 2 fully saturated rings. The van der Waals surface area contributed by atoms with E-state index in [4.69, 9.17) is 4.74 Å². The quantitative estimate of drug-likeness (QED) is 0.815. The molecule has 138 valence electrons. The van der Waals surface area contributed by atoms with E-state index in [1.165, 1.54) is 11.3 Å². The molecule has 2 amide bonds. The standard InChI is InChI=1S/C18H27N3O3S/c1-13-11-21(12-14(2)24-13)17(22)15(3)19-6-8-20(9-7-19)18(23)16-5-4-10-25-16/h4-5,10,13-15H,6-9,11-12H2,1-3H3/t13-,14-,15+/m1/s1. The van der Waals surface area contributed by atoms with Gasteiger partial charge in [-0.1, -0.05) is 6.07 Å². The van der Waals surface area contributed by atoms with Crippen LogP contribution in [-0.2, 0) is 9.53 Å². The van der Waals surface area contributed by atoms with Gasteiger partial charge in [-0.05, 0) is 32.2 Å². The van der Waals surface area contributed by atoms with Crippen molar-refractivity contribution in [1.29, 1.82) is 0 Å². The molecule has 0 unspecified atom stereocenters. The van der Waals surface area contributed by atoms with Gasteiger partial charge >= 0.3 is 0 Å². The molecule has 3 atom stereocenters. The molecular weight excluding hydrogens is 338 g/mol. The first kappa shape index (κ1) is 18.4. The average molecular weight is 365 g/mol. The van der Waals surface area contributed by atoms with E-state index in [1.54, 1.807) is 0 Å². The molecule has 25 heavy (non-hydrogen) atoms. The lowest BCUT2D eigenvalue weighted by molar-refractivity contribution is -0.148. The monoisotopic (exact) mass is 365 g/mol. The molecule has 0 radical (unpaired) electrons. The van der Waals surface area contributed by atoms with Gasteiger partial charge in [0.25, 0.3) is 5.91 Å². The summed E-state index contributed by atoms with van der Waals surface area (Å²) in [5.74, 6) is 0.268. The maximum Gasteiger partial charge on any atom is 0.264 e. The number of ether oxygens (including phenoxy) is 1. The summed E-state index contributed by atoms with van der Waals surface area (Å²) >= 11 is 1.48. The minimum absolute atomic E-state index is 0.0835. The van der Waals surface area contributed by atoms with Crippen molar-refractivity contribution in [2.75, 3.05) is 39.3 Å². The Kier molecular flexibility index (Phi) is 5.76. The number of thiophene rings is 1. The van der Waals surface area contributed by atoms with Gasteiger partial charge in [-0.15, -0.1) is 11.3 Å². The van der Waals surface area contributed by atoms with Crippen LogP contribution in [0, 0.1) is 0 Å². The minimum Gasteiger partial charge on any atom is -0.372 e. The molecule has 0 bridgehead atoms. The van der Waals surface area contributed by atoms with Crippen LogP contribution in [0.4, 0.5) is 0 Å². The van der Waals surface area contributed by atoms with Crippen LogP contribution >= 0.6 is 11.3 Å². The second kappa shape index (κ2) is 7.85. The van der Waals surface area contributed by atoms with E-state index >= 15 is 0 Å². The van der Waals surface area contributed by atoms with Crippen molar-refractivity contribution in [3.63, 3.8) is 0 Å². The molecule has 1 aromatic heterocycles. The molecule has 3 heterocycles. The Hall–Kier alpha value is -1.44. The van der Waals surface area contributed by atoms with E-state index in [-0.39, 0.29) is 30.1 Å². The Labute approximate surface area is 153 Å². The van der Waals surface area contributed by atoms with E-state index in [1.807, 2.05) is 48.1 Å². The highest BCUT2D eigenvalue weighted by atomic mass is 32.1. The Morgan fingerprint density at radius 3 is 2.32 bits per heavy atom. The molecule has 0 aromatic carbocycles. The third-order valence-electron chi connectivity index (χ3n) is 4.97. The molecule has 3 rings (SSSR count).